The third-order valence-corrected chi connectivity index (χ3v) is 2.75. The molecule has 0 radical (unpaired) electrons. The molecule has 2 rings (SSSR count). The van der Waals surface area contributed by atoms with Crippen molar-refractivity contribution in [1.29, 1.82) is 0 Å². The number of ether oxygens (including phenoxy) is 1. The van der Waals surface area contributed by atoms with E-state index in [4.69, 9.17) is 10.5 Å². The minimum absolute atomic E-state index is 0.0318. The normalized spacial score (nSPS) is 12.3. The van der Waals surface area contributed by atoms with Gasteiger partial charge < -0.3 is 10.5 Å². The smallest absolute Gasteiger partial charge is 0.125 e. The fourth-order valence-electron chi connectivity index (χ4n) is 1.80. The number of hydrogen-bond acceptors (Lipinski definition) is 2. The van der Waals surface area contributed by atoms with Crippen LogP contribution in [0.3, 0.4) is 0 Å². The summed E-state index contributed by atoms with van der Waals surface area (Å²) in [7, 11) is 0. The van der Waals surface area contributed by atoms with E-state index in [0.29, 0.717) is 12.3 Å². The third-order valence-electron chi connectivity index (χ3n) is 2.75. The van der Waals surface area contributed by atoms with Gasteiger partial charge in [-0.15, -0.1) is 0 Å². The summed E-state index contributed by atoms with van der Waals surface area (Å²) in [4.78, 5) is 0. The summed E-state index contributed by atoms with van der Waals surface area (Å²) in [6.45, 7) is 2.32. The molecule has 18 heavy (non-hydrogen) atoms. The lowest BCUT2D eigenvalue weighted by atomic mass is 10.1. The van der Waals surface area contributed by atoms with Crippen LogP contribution in [0.2, 0.25) is 0 Å². The molecule has 2 aromatic carbocycles. The molecule has 1 unspecified atom stereocenters. The number of nitrogens with two attached hydrogens (primary N) is 1. The molecule has 94 valence electrons. The second-order valence-electron chi connectivity index (χ2n) is 4.26. The SMILES string of the molecule is CC(OCc1cc(N)cc(F)c1)c1ccccc1. The quantitative estimate of drug-likeness (QED) is 0.834. The van der Waals surface area contributed by atoms with Gasteiger partial charge in [-0.05, 0) is 36.2 Å². The predicted octanol–water partition coefficient (Wildman–Crippen LogP) is 3.69. The highest BCUT2D eigenvalue weighted by molar-refractivity contribution is 5.41. The highest BCUT2D eigenvalue weighted by Gasteiger charge is 2.06. The molecule has 0 saturated carbocycles. The Hall–Kier alpha value is -1.87. The van der Waals surface area contributed by atoms with Crippen LogP contribution < -0.4 is 5.73 Å². The second-order valence-corrected chi connectivity index (χ2v) is 4.26. The number of halogens is 1. The molecule has 2 aromatic rings. The maximum atomic E-state index is 13.1. The highest BCUT2D eigenvalue weighted by Crippen LogP contribution is 2.19. The van der Waals surface area contributed by atoms with Crippen LogP contribution in [0.25, 0.3) is 0 Å². The van der Waals surface area contributed by atoms with Gasteiger partial charge >= 0.3 is 0 Å². The van der Waals surface area contributed by atoms with Crippen LogP contribution in [-0.2, 0) is 11.3 Å². The first kappa shape index (κ1) is 12.6. The Morgan fingerprint density at radius 3 is 2.56 bits per heavy atom. The van der Waals surface area contributed by atoms with E-state index < -0.39 is 0 Å². The first-order valence-corrected chi connectivity index (χ1v) is 5.86. The summed E-state index contributed by atoms with van der Waals surface area (Å²) in [5.74, 6) is -0.332. The van der Waals surface area contributed by atoms with Crippen molar-refractivity contribution in [1.82, 2.24) is 0 Å². The maximum Gasteiger partial charge on any atom is 0.125 e. The zero-order valence-corrected chi connectivity index (χ0v) is 10.3. The van der Waals surface area contributed by atoms with E-state index in [1.54, 1.807) is 6.07 Å². The average molecular weight is 245 g/mol. The van der Waals surface area contributed by atoms with Gasteiger partial charge in [0.25, 0.3) is 0 Å². The lowest BCUT2D eigenvalue weighted by Crippen LogP contribution is -2.01. The first-order valence-electron chi connectivity index (χ1n) is 5.86. The Labute approximate surface area is 106 Å². The molecule has 0 aliphatic heterocycles. The number of benzene rings is 2. The zero-order valence-electron chi connectivity index (χ0n) is 10.3. The molecule has 0 spiro atoms. The van der Waals surface area contributed by atoms with E-state index in [-0.39, 0.29) is 11.9 Å². The first-order chi connectivity index (χ1) is 8.65. The van der Waals surface area contributed by atoms with Crippen molar-refractivity contribution >= 4 is 5.69 Å². The summed E-state index contributed by atoms with van der Waals surface area (Å²) >= 11 is 0. The number of nitrogen functional groups attached to an aromatic ring is 1. The molecule has 0 heterocycles. The lowest BCUT2D eigenvalue weighted by molar-refractivity contribution is 0.0524. The van der Waals surface area contributed by atoms with Crippen LogP contribution in [0.4, 0.5) is 10.1 Å². The fraction of sp³-hybridized carbons (Fsp3) is 0.200. The van der Waals surface area contributed by atoms with Crippen LogP contribution in [0.1, 0.15) is 24.2 Å². The highest BCUT2D eigenvalue weighted by atomic mass is 19.1. The van der Waals surface area contributed by atoms with E-state index >= 15 is 0 Å². The average Bonchev–Trinajstić information content (AvgIpc) is 2.36. The predicted molar refractivity (Wildman–Crippen MR) is 70.5 cm³/mol. The monoisotopic (exact) mass is 245 g/mol. The van der Waals surface area contributed by atoms with Crippen molar-refractivity contribution in [2.24, 2.45) is 0 Å². The Bertz CT molecular complexity index is 493. The minimum Gasteiger partial charge on any atom is -0.399 e. The summed E-state index contributed by atoms with van der Waals surface area (Å²) in [5.41, 5.74) is 7.84. The van der Waals surface area contributed by atoms with Gasteiger partial charge in [0.1, 0.15) is 5.82 Å². The number of anilines is 1. The van der Waals surface area contributed by atoms with E-state index in [1.807, 2.05) is 37.3 Å². The Morgan fingerprint density at radius 2 is 1.89 bits per heavy atom. The van der Waals surface area contributed by atoms with Gasteiger partial charge in [0, 0.05) is 5.69 Å². The van der Waals surface area contributed by atoms with Gasteiger partial charge in [-0.3, -0.25) is 0 Å². The molecule has 0 aliphatic carbocycles. The topological polar surface area (TPSA) is 35.2 Å². The van der Waals surface area contributed by atoms with Crippen molar-refractivity contribution in [3.63, 3.8) is 0 Å². The molecule has 0 amide bonds. The molecule has 0 fully saturated rings. The zero-order chi connectivity index (χ0) is 13.0. The van der Waals surface area contributed by atoms with Crippen molar-refractivity contribution in [3.8, 4) is 0 Å². The molecular formula is C15H16FNO. The van der Waals surface area contributed by atoms with Crippen LogP contribution >= 0.6 is 0 Å². The van der Waals surface area contributed by atoms with Crippen molar-refractivity contribution in [2.75, 3.05) is 5.73 Å². The minimum atomic E-state index is -0.332. The molecule has 2 N–H and O–H groups in total. The summed E-state index contributed by atoms with van der Waals surface area (Å²) in [5, 5.41) is 0. The molecular weight excluding hydrogens is 229 g/mol. The van der Waals surface area contributed by atoms with E-state index in [1.165, 1.54) is 12.1 Å². The van der Waals surface area contributed by atoms with Gasteiger partial charge in [-0.2, -0.15) is 0 Å². The second kappa shape index (κ2) is 5.65. The van der Waals surface area contributed by atoms with Gasteiger partial charge in [-0.25, -0.2) is 4.39 Å². The van der Waals surface area contributed by atoms with E-state index in [9.17, 15) is 4.39 Å². The Balaban J connectivity index is 1.99. The number of hydrogen-bond donors (Lipinski definition) is 1. The molecule has 0 saturated heterocycles. The molecule has 2 nitrogen and oxygen atoms in total. The fourth-order valence-corrected chi connectivity index (χ4v) is 1.80. The standard InChI is InChI=1S/C15H16FNO/c1-11(13-5-3-2-4-6-13)18-10-12-7-14(16)9-15(17)8-12/h2-9,11H,10,17H2,1H3. The Kier molecular flexibility index (Phi) is 3.95. The molecule has 3 heteroatoms. The molecule has 1 atom stereocenters. The van der Waals surface area contributed by atoms with Gasteiger partial charge in [0.05, 0.1) is 12.7 Å². The van der Waals surface area contributed by atoms with Crippen LogP contribution in [0, 0.1) is 5.82 Å². The summed E-state index contributed by atoms with van der Waals surface area (Å²) < 4.78 is 18.8. The molecule has 0 aliphatic rings. The van der Waals surface area contributed by atoms with Crippen molar-refractivity contribution in [3.05, 3.63) is 65.5 Å². The number of rotatable bonds is 4. The Morgan fingerprint density at radius 1 is 1.17 bits per heavy atom. The van der Waals surface area contributed by atoms with Gasteiger partial charge in [0.15, 0.2) is 0 Å². The van der Waals surface area contributed by atoms with Crippen LogP contribution in [0.5, 0.6) is 0 Å². The molecule has 0 bridgehead atoms. The lowest BCUT2D eigenvalue weighted by Gasteiger charge is -2.13. The van der Waals surface area contributed by atoms with E-state index in [0.717, 1.165) is 11.1 Å². The largest absolute Gasteiger partial charge is 0.399 e. The maximum absolute atomic E-state index is 13.1. The van der Waals surface area contributed by atoms with Crippen molar-refractivity contribution in [2.45, 2.75) is 19.6 Å². The van der Waals surface area contributed by atoms with Gasteiger partial charge in [-0.1, -0.05) is 30.3 Å². The van der Waals surface area contributed by atoms with Gasteiger partial charge in [0.2, 0.25) is 0 Å². The summed E-state index contributed by atoms with van der Waals surface area (Å²) in [6, 6.07) is 14.4. The van der Waals surface area contributed by atoms with Crippen LogP contribution in [-0.4, -0.2) is 0 Å². The molecule has 0 aromatic heterocycles. The third kappa shape index (κ3) is 3.31. The van der Waals surface area contributed by atoms with E-state index in [2.05, 4.69) is 0 Å². The van der Waals surface area contributed by atoms with Crippen molar-refractivity contribution < 1.29 is 9.13 Å². The summed E-state index contributed by atoms with van der Waals surface area (Å²) in [6.07, 6.45) is -0.0318. The van der Waals surface area contributed by atoms with Crippen LogP contribution in [0.15, 0.2) is 48.5 Å².